The quantitative estimate of drug-likeness (QED) is 0.581. The molecule has 0 bridgehead atoms. The number of anilines is 1. The van der Waals surface area contributed by atoms with Crippen molar-refractivity contribution in [2.45, 2.75) is 6.04 Å². The average molecular weight is 349 g/mol. The molecule has 26 heavy (non-hydrogen) atoms. The summed E-state index contributed by atoms with van der Waals surface area (Å²) in [7, 11) is 0. The molecule has 10 heteroatoms. The predicted molar refractivity (Wildman–Crippen MR) is 89.9 cm³/mol. The SMILES string of the molecule is N#Cc1ccc(C2N=C(Nc3cc(=O)[nH]c(=O)[nH]3)NC(=O)C2C#N)cc1. The Bertz CT molecular complexity index is 1050. The standard InChI is InChI=1S/C16H11N7O3/c17-6-8-1-3-9(4-2-8)13-10(7-18)14(25)23-15(22-13)19-11-5-12(24)21-16(26)20-11/h1-5,10,13H,(H4,19,20,21,22,23,24,25,26). The number of rotatable bonds is 2. The second-order valence-corrected chi connectivity index (χ2v) is 5.38. The zero-order valence-electron chi connectivity index (χ0n) is 13.1. The van der Waals surface area contributed by atoms with Crippen molar-refractivity contribution in [2.75, 3.05) is 5.32 Å². The van der Waals surface area contributed by atoms with Crippen LogP contribution in [0.5, 0.6) is 0 Å². The van der Waals surface area contributed by atoms with Gasteiger partial charge in [-0.25, -0.2) is 9.79 Å². The number of amides is 1. The van der Waals surface area contributed by atoms with E-state index in [1.165, 1.54) is 0 Å². The summed E-state index contributed by atoms with van der Waals surface area (Å²) >= 11 is 0. The van der Waals surface area contributed by atoms with Gasteiger partial charge >= 0.3 is 5.69 Å². The fraction of sp³-hybridized carbons (Fsp3) is 0.125. The highest BCUT2D eigenvalue weighted by Crippen LogP contribution is 2.29. The molecule has 2 aromatic rings. The summed E-state index contributed by atoms with van der Waals surface area (Å²) in [6, 6.07) is 10.5. The van der Waals surface area contributed by atoms with Crippen LogP contribution in [-0.2, 0) is 4.79 Å². The van der Waals surface area contributed by atoms with Crippen LogP contribution < -0.4 is 21.9 Å². The van der Waals surface area contributed by atoms with Gasteiger partial charge in [0.2, 0.25) is 11.9 Å². The van der Waals surface area contributed by atoms with Crippen LogP contribution in [0.15, 0.2) is 44.9 Å². The summed E-state index contributed by atoms with van der Waals surface area (Å²) in [5.41, 5.74) is -0.339. The van der Waals surface area contributed by atoms with Gasteiger partial charge in [0, 0.05) is 6.07 Å². The normalized spacial score (nSPS) is 18.8. The number of H-pyrrole nitrogens is 2. The Morgan fingerprint density at radius 2 is 1.81 bits per heavy atom. The number of hydrogen-bond acceptors (Lipinski definition) is 7. The molecule has 0 radical (unpaired) electrons. The third-order valence-corrected chi connectivity index (χ3v) is 3.64. The lowest BCUT2D eigenvalue weighted by atomic mass is 9.92. The van der Waals surface area contributed by atoms with Crippen LogP contribution in [0.2, 0.25) is 0 Å². The zero-order valence-corrected chi connectivity index (χ0v) is 13.1. The molecular formula is C16H11N7O3. The van der Waals surface area contributed by atoms with Crippen LogP contribution in [0.4, 0.5) is 5.82 Å². The van der Waals surface area contributed by atoms with Gasteiger partial charge in [-0.05, 0) is 17.7 Å². The van der Waals surface area contributed by atoms with Crippen molar-refractivity contribution in [2.24, 2.45) is 10.9 Å². The van der Waals surface area contributed by atoms with E-state index < -0.39 is 29.1 Å². The molecule has 0 saturated carbocycles. The Hall–Kier alpha value is -4.18. The van der Waals surface area contributed by atoms with Gasteiger partial charge < -0.3 is 5.32 Å². The van der Waals surface area contributed by atoms with Crippen molar-refractivity contribution in [3.63, 3.8) is 0 Å². The van der Waals surface area contributed by atoms with Gasteiger partial charge in [0.25, 0.3) is 5.56 Å². The van der Waals surface area contributed by atoms with Crippen molar-refractivity contribution in [3.8, 4) is 12.1 Å². The van der Waals surface area contributed by atoms with Gasteiger partial charge in [-0.3, -0.25) is 24.9 Å². The van der Waals surface area contributed by atoms with E-state index in [-0.39, 0.29) is 11.8 Å². The molecule has 10 nitrogen and oxygen atoms in total. The molecule has 1 aromatic heterocycles. The number of hydrogen-bond donors (Lipinski definition) is 4. The Morgan fingerprint density at radius 1 is 1.08 bits per heavy atom. The molecular weight excluding hydrogens is 338 g/mol. The van der Waals surface area contributed by atoms with Gasteiger partial charge in [0.15, 0.2) is 5.92 Å². The molecule has 4 N–H and O–H groups in total. The Balaban J connectivity index is 1.97. The smallest absolute Gasteiger partial charge is 0.312 e. The lowest BCUT2D eigenvalue weighted by molar-refractivity contribution is -0.122. The molecule has 1 aliphatic heterocycles. The number of nitriles is 2. The van der Waals surface area contributed by atoms with Gasteiger partial charge in [-0.15, -0.1) is 0 Å². The fourth-order valence-corrected chi connectivity index (χ4v) is 2.46. The molecule has 128 valence electrons. The van der Waals surface area contributed by atoms with Gasteiger partial charge in [0.05, 0.1) is 17.7 Å². The lowest BCUT2D eigenvalue weighted by Gasteiger charge is -2.25. The van der Waals surface area contributed by atoms with E-state index in [1.807, 2.05) is 17.1 Å². The number of guanidine groups is 1. The number of nitrogens with one attached hydrogen (secondary N) is 4. The summed E-state index contributed by atoms with van der Waals surface area (Å²) in [6.45, 7) is 0. The highest BCUT2D eigenvalue weighted by atomic mass is 16.2. The summed E-state index contributed by atoms with van der Waals surface area (Å²) in [4.78, 5) is 43.5. The number of nitrogens with zero attached hydrogens (tertiary/aromatic N) is 3. The number of aromatic nitrogens is 2. The number of benzene rings is 1. The maximum Gasteiger partial charge on any atom is 0.327 e. The largest absolute Gasteiger partial charge is 0.327 e. The second kappa shape index (κ2) is 6.75. The topological polar surface area (TPSA) is 167 Å². The molecule has 0 saturated heterocycles. The third kappa shape index (κ3) is 3.34. The van der Waals surface area contributed by atoms with Crippen LogP contribution in [-0.4, -0.2) is 21.8 Å². The molecule has 0 fully saturated rings. The summed E-state index contributed by atoms with van der Waals surface area (Å²) in [5, 5.41) is 23.2. The minimum Gasteiger partial charge on any atom is -0.312 e. The molecule has 2 unspecified atom stereocenters. The predicted octanol–water partition coefficient (Wildman–Crippen LogP) is -0.286. The molecule has 2 heterocycles. The van der Waals surface area contributed by atoms with E-state index >= 15 is 0 Å². The first-order valence-electron chi connectivity index (χ1n) is 7.39. The van der Waals surface area contributed by atoms with Gasteiger partial charge in [0.1, 0.15) is 11.9 Å². The van der Waals surface area contributed by atoms with Crippen molar-refractivity contribution in [3.05, 3.63) is 62.3 Å². The average Bonchev–Trinajstić information content (AvgIpc) is 2.60. The first-order chi connectivity index (χ1) is 12.5. The van der Waals surface area contributed by atoms with Crippen LogP contribution in [0.1, 0.15) is 17.2 Å². The third-order valence-electron chi connectivity index (χ3n) is 3.64. The molecule has 0 spiro atoms. The second-order valence-electron chi connectivity index (χ2n) is 5.38. The first kappa shape index (κ1) is 16.7. The monoisotopic (exact) mass is 349 g/mol. The van der Waals surface area contributed by atoms with Crippen molar-refractivity contribution in [1.29, 1.82) is 10.5 Å². The van der Waals surface area contributed by atoms with E-state index in [9.17, 15) is 19.6 Å². The first-order valence-corrected chi connectivity index (χ1v) is 7.39. The number of aliphatic imine (C=N–C) groups is 1. The molecule has 0 aliphatic carbocycles. The summed E-state index contributed by atoms with van der Waals surface area (Å²) < 4.78 is 0. The lowest BCUT2D eigenvalue weighted by Crippen LogP contribution is -2.46. The molecule has 1 amide bonds. The van der Waals surface area contributed by atoms with E-state index in [0.29, 0.717) is 11.1 Å². The highest BCUT2D eigenvalue weighted by molar-refractivity contribution is 6.07. The van der Waals surface area contributed by atoms with E-state index in [4.69, 9.17) is 5.26 Å². The molecule has 2 atom stereocenters. The number of carbonyl (C=O) groups excluding carboxylic acids is 1. The summed E-state index contributed by atoms with van der Waals surface area (Å²) in [6.07, 6.45) is 0. The maximum atomic E-state index is 12.2. The highest BCUT2D eigenvalue weighted by Gasteiger charge is 2.34. The number of aromatic amines is 2. The fourth-order valence-electron chi connectivity index (χ4n) is 2.46. The van der Waals surface area contributed by atoms with Crippen molar-refractivity contribution < 1.29 is 4.79 Å². The van der Waals surface area contributed by atoms with Gasteiger partial charge in [-0.2, -0.15) is 10.5 Å². The van der Waals surface area contributed by atoms with Crippen molar-refractivity contribution in [1.82, 2.24) is 15.3 Å². The van der Waals surface area contributed by atoms with Gasteiger partial charge in [-0.1, -0.05) is 12.1 Å². The van der Waals surface area contributed by atoms with Crippen molar-refractivity contribution >= 4 is 17.7 Å². The Morgan fingerprint density at radius 3 is 2.42 bits per heavy atom. The van der Waals surface area contributed by atoms with E-state index in [0.717, 1.165) is 6.07 Å². The van der Waals surface area contributed by atoms with Crippen LogP contribution in [0, 0.1) is 28.6 Å². The Kier molecular flexibility index (Phi) is 4.33. The van der Waals surface area contributed by atoms with Crippen LogP contribution in [0.25, 0.3) is 0 Å². The van der Waals surface area contributed by atoms with E-state index in [2.05, 4.69) is 20.6 Å². The zero-order chi connectivity index (χ0) is 18.7. The molecule has 1 aliphatic rings. The minimum absolute atomic E-state index is 0.0166. The maximum absolute atomic E-state index is 12.2. The van der Waals surface area contributed by atoms with Crippen LogP contribution in [0.3, 0.4) is 0 Å². The number of carbonyl (C=O) groups is 1. The minimum atomic E-state index is -1.06. The Labute approximate surface area is 145 Å². The molecule has 3 rings (SSSR count). The molecule has 1 aromatic carbocycles. The van der Waals surface area contributed by atoms with Crippen LogP contribution >= 0.6 is 0 Å². The van der Waals surface area contributed by atoms with E-state index in [1.54, 1.807) is 24.3 Å². The summed E-state index contributed by atoms with van der Waals surface area (Å²) in [5.74, 6) is -1.62.